The van der Waals surface area contributed by atoms with Crippen LogP contribution in [0.1, 0.15) is 32.6 Å². The van der Waals surface area contributed by atoms with Gasteiger partial charge in [-0.1, -0.05) is 25.1 Å². The number of esters is 1. The summed E-state index contributed by atoms with van der Waals surface area (Å²) in [5.41, 5.74) is 0. The van der Waals surface area contributed by atoms with Crippen molar-refractivity contribution in [2.75, 3.05) is 13.7 Å². The Kier molecular flexibility index (Phi) is 5.58. The molecule has 1 aromatic carbocycles. The van der Waals surface area contributed by atoms with E-state index >= 15 is 0 Å². The predicted molar refractivity (Wildman–Crippen MR) is 83.8 cm³/mol. The zero-order valence-electron chi connectivity index (χ0n) is 13.1. The maximum absolute atomic E-state index is 12.8. The molecule has 22 heavy (non-hydrogen) atoms. The maximum atomic E-state index is 12.8. The van der Waals surface area contributed by atoms with E-state index in [1.807, 2.05) is 6.92 Å². The van der Waals surface area contributed by atoms with E-state index in [-0.39, 0.29) is 17.9 Å². The fraction of sp³-hybridized carbons (Fsp3) is 0.562. The average Bonchev–Trinajstić information content (AvgIpc) is 2.56. The molecule has 0 saturated heterocycles. The Morgan fingerprint density at radius 2 is 1.77 bits per heavy atom. The van der Waals surface area contributed by atoms with Gasteiger partial charge in [0.1, 0.15) is 0 Å². The normalized spacial score (nSPS) is 22.5. The molecule has 1 fully saturated rings. The van der Waals surface area contributed by atoms with E-state index in [4.69, 9.17) is 4.74 Å². The number of rotatable bonds is 5. The van der Waals surface area contributed by atoms with Gasteiger partial charge in [-0.15, -0.1) is 0 Å². The van der Waals surface area contributed by atoms with Crippen molar-refractivity contribution in [1.82, 2.24) is 4.31 Å². The Bertz CT molecular complexity index is 592. The number of hydrogen-bond acceptors (Lipinski definition) is 4. The molecule has 0 amide bonds. The number of carbonyl (C=O) groups excluding carboxylic acids is 1. The number of nitrogens with zero attached hydrogens (tertiary/aromatic N) is 1. The number of hydrogen-bond donors (Lipinski definition) is 0. The fourth-order valence-corrected chi connectivity index (χ4v) is 4.83. The first-order valence-corrected chi connectivity index (χ1v) is 9.09. The monoisotopic (exact) mass is 325 g/mol. The lowest BCUT2D eigenvalue weighted by molar-refractivity contribution is -0.146. The van der Waals surface area contributed by atoms with Gasteiger partial charge in [0.05, 0.1) is 17.9 Å². The Balaban J connectivity index is 2.12. The lowest BCUT2D eigenvalue weighted by Crippen LogP contribution is -2.42. The van der Waals surface area contributed by atoms with Gasteiger partial charge in [-0.2, -0.15) is 4.31 Å². The Hall–Kier alpha value is -1.40. The molecule has 0 aromatic heterocycles. The predicted octanol–water partition coefficient (Wildman–Crippen LogP) is 2.43. The molecule has 0 heterocycles. The molecular formula is C16H23NO4S. The summed E-state index contributed by atoms with van der Waals surface area (Å²) in [5.74, 6) is -0.285. The molecule has 0 aliphatic heterocycles. The van der Waals surface area contributed by atoms with Crippen LogP contribution in [0, 0.1) is 5.92 Å². The van der Waals surface area contributed by atoms with Crippen molar-refractivity contribution in [3.8, 4) is 0 Å². The molecule has 6 heteroatoms. The van der Waals surface area contributed by atoms with Crippen LogP contribution < -0.4 is 0 Å². The summed E-state index contributed by atoms with van der Waals surface area (Å²) in [7, 11) is -2.08. The van der Waals surface area contributed by atoms with Crippen LogP contribution in [0.25, 0.3) is 0 Å². The van der Waals surface area contributed by atoms with Crippen molar-refractivity contribution < 1.29 is 17.9 Å². The second kappa shape index (κ2) is 7.24. The van der Waals surface area contributed by atoms with Gasteiger partial charge in [-0.3, -0.25) is 4.79 Å². The molecule has 2 rings (SSSR count). The molecule has 0 atom stereocenters. The smallest absolute Gasteiger partial charge is 0.308 e. The summed E-state index contributed by atoms with van der Waals surface area (Å²) in [6, 6.07) is 8.47. The van der Waals surface area contributed by atoms with Crippen molar-refractivity contribution in [1.29, 1.82) is 0 Å². The number of methoxy groups -OCH3 is 1. The third-order valence-corrected chi connectivity index (χ3v) is 6.34. The van der Waals surface area contributed by atoms with Gasteiger partial charge in [0.25, 0.3) is 0 Å². The van der Waals surface area contributed by atoms with E-state index in [1.54, 1.807) is 34.6 Å². The third-order valence-electron chi connectivity index (χ3n) is 4.30. The molecule has 1 saturated carbocycles. The van der Waals surface area contributed by atoms with Crippen LogP contribution in [0.15, 0.2) is 35.2 Å². The van der Waals surface area contributed by atoms with Crippen LogP contribution in [0.4, 0.5) is 0 Å². The second-order valence-electron chi connectivity index (χ2n) is 5.55. The van der Waals surface area contributed by atoms with Gasteiger partial charge < -0.3 is 4.74 Å². The van der Waals surface area contributed by atoms with E-state index in [2.05, 4.69) is 0 Å². The summed E-state index contributed by atoms with van der Waals surface area (Å²) in [4.78, 5) is 11.9. The molecule has 1 aliphatic rings. The highest BCUT2D eigenvalue weighted by atomic mass is 32.2. The molecule has 0 N–H and O–H groups in total. The van der Waals surface area contributed by atoms with E-state index in [0.29, 0.717) is 37.1 Å². The number of ether oxygens (including phenoxy) is 1. The van der Waals surface area contributed by atoms with Gasteiger partial charge in [-0.25, -0.2) is 8.42 Å². The minimum Gasteiger partial charge on any atom is -0.469 e. The number of carbonyl (C=O) groups is 1. The molecule has 0 radical (unpaired) electrons. The van der Waals surface area contributed by atoms with Crippen molar-refractivity contribution in [3.05, 3.63) is 30.3 Å². The zero-order valence-corrected chi connectivity index (χ0v) is 13.9. The molecule has 0 unspecified atom stereocenters. The molecule has 122 valence electrons. The van der Waals surface area contributed by atoms with Crippen molar-refractivity contribution in [2.24, 2.45) is 5.92 Å². The second-order valence-corrected chi connectivity index (χ2v) is 7.44. The topological polar surface area (TPSA) is 63.7 Å². The van der Waals surface area contributed by atoms with Crippen molar-refractivity contribution in [2.45, 2.75) is 43.5 Å². The van der Waals surface area contributed by atoms with Gasteiger partial charge in [0.15, 0.2) is 0 Å². The summed E-state index contributed by atoms with van der Waals surface area (Å²) < 4.78 is 31.9. The molecule has 0 bridgehead atoms. The first-order chi connectivity index (χ1) is 10.5. The highest BCUT2D eigenvalue weighted by Crippen LogP contribution is 2.31. The van der Waals surface area contributed by atoms with Gasteiger partial charge >= 0.3 is 5.97 Å². The summed E-state index contributed by atoms with van der Waals surface area (Å²) >= 11 is 0. The van der Waals surface area contributed by atoms with E-state index in [1.165, 1.54) is 7.11 Å². The largest absolute Gasteiger partial charge is 0.469 e. The van der Waals surface area contributed by atoms with Crippen LogP contribution in [0.5, 0.6) is 0 Å². The van der Waals surface area contributed by atoms with Gasteiger partial charge in [0, 0.05) is 12.6 Å². The molecular weight excluding hydrogens is 302 g/mol. The van der Waals surface area contributed by atoms with E-state index in [0.717, 1.165) is 0 Å². The first kappa shape index (κ1) is 17.0. The molecule has 0 spiro atoms. The Labute approximate surface area is 132 Å². The number of benzene rings is 1. The zero-order chi connectivity index (χ0) is 16.2. The minimum absolute atomic E-state index is 0.0453. The van der Waals surface area contributed by atoms with Crippen LogP contribution in [-0.2, 0) is 19.6 Å². The third kappa shape index (κ3) is 3.50. The summed E-state index contributed by atoms with van der Waals surface area (Å²) in [6.45, 7) is 2.29. The van der Waals surface area contributed by atoms with Crippen LogP contribution in [-0.4, -0.2) is 38.4 Å². The van der Waals surface area contributed by atoms with E-state index < -0.39 is 10.0 Å². The fourth-order valence-electron chi connectivity index (χ4n) is 3.12. The molecule has 1 aromatic rings. The van der Waals surface area contributed by atoms with Crippen molar-refractivity contribution in [3.63, 3.8) is 0 Å². The lowest BCUT2D eigenvalue weighted by atomic mass is 9.86. The average molecular weight is 325 g/mol. The van der Waals surface area contributed by atoms with E-state index in [9.17, 15) is 13.2 Å². The molecule has 1 aliphatic carbocycles. The van der Waals surface area contributed by atoms with Crippen LogP contribution in [0.3, 0.4) is 0 Å². The summed E-state index contributed by atoms with van der Waals surface area (Å²) in [5, 5.41) is 0. The van der Waals surface area contributed by atoms with Gasteiger partial charge in [0.2, 0.25) is 10.0 Å². The quantitative estimate of drug-likeness (QED) is 0.780. The highest BCUT2D eigenvalue weighted by molar-refractivity contribution is 7.89. The minimum atomic E-state index is -3.48. The standard InChI is InChI=1S/C16H23NO4S/c1-3-17(22(19,20)15-7-5-4-6-8-15)14-11-9-13(10-12-14)16(18)21-2/h4-8,13-14H,3,9-12H2,1-2H3. The Morgan fingerprint density at radius 3 is 2.27 bits per heavy atom. The lowest BCUT2D eigenvalue weighted by Gasteiger charge is -2.34. The van der Waals surface area contributed by atoms with Gasteiger partial charge in [-0.05, 0) is 37.8 Å². The van der Waals surface area contributed by atoms with Crippen LogP contribution in [0.2, 0.25) is 0 Å². The SMILES string of the molecule is CCN(C1CCC(C(=O)OC)CC1)S(=O)(=O)c1ccccc1. The maximum Gasteiger partial charge on any atom is 0.308 e. The van der Waals surface area contributed by atoms with Crippen LogP contribution >= 0.6 is 0 Å². The van der Waals surface area contributed by atoms with Crippen molar-refractivity contribution >= 4 is 16.0 Å². The Morgan fingerprint density at radius 1 is 1.18 bits per heavy atom. The highest BCUT2D eigenvalue weighted by Gasteiger charge is 2.35. The molecule has 5 nitrogen and oxygen atoms in total. The summed E-state index contributed by atoms with van der Waals surface area (Å²) in [6.07, 6.45) is 2.75. The number of sulfonamides is 1. The first-order valence-electron chi connectivity index (χ1n) is 7.65.